The van der Waals surface area contributed by atoms with Crippen LogP contribution in [0.5, 0.6) is 5.75 Å². The molecule has 1 heterocycles. The van der Waals surface area contributed by atoms with Gasteiger partial charge in [0, 0.05) is 24.2 Å². The van der Waals surface area contributed by atoms with Crippen molar-refractivity contribution in [1.82, 2.24) is 15.4 Å². The van der Waals surface area contributed by atoms with Gasteiger partial charge in [0.2, 0.25) is 0 Å². The molecule has 0 spiro atoms. The molecule has 0 fully saturated rings. The molecule has 2 aromatic rings. The number of benzene rings is 1. The van der Waals surface area contributed by atoms with E-state index in [1.165, 1.54) is 0 Å². The Kier molecular flexibility index (Phi) is 6.23. The van der Waals surface area contributed by atoms with Crippen LogP contribution in [0.3, 0.4) is 0 Å². The minimum absolute atomic E-state index is 0.0854. The molecule has 24 heavy (non-hydrogen) atoms. The number of amides is 2. The first kappa shape index (κ1) is 17.8. The molecule has 1 aromatic heterocycles. The number of aromatic nitrogens is 1. The second kappa shape index (κ2) is 8.38. The van der Waals surface area contributed by atoms with E-state index in [0.717, 1.165) is 23.4 Å². The molecule has 1 N–H and O–H groups in total. The summed E-state index contributed by atoms with van der Waals surface area (Å²) in [7, 11) is 1.63. The Bertz CT molecular complexity index is 667. The number of carbonyl (C=O) groups excluding carboxylic acids is 1. The minimum atomic E-state index is -0.0854. The van der Waals surface area contributed by atoms with Crippen molar-refractivity contribution in [3.8, 4) is 17.1 Å². The number of nitrogens with one attached hydrogen (secondary N) is 1. The lowest BCUT2D eigenvalue weighted by molar-refractivity contribution is 0.191. The van der Waals surface area contributed by atoms with Crippen molar-refractivity contribution >= 4 is 6.03 Å². The molecule has 0 atom stereocenters. The lowest BCUT2D eigenvalue weighted by Crippen LogP contribution is -2.42. The van der Waals surface area contributed by atoms with Crippen molar-refractivity contribution in [2.45, 2.75) is 39.8 Å². The molecule has 0 saturated carbocycles. The standard InChI is InChI=1S/C18H25N3O3/c1-5-9-21(18(22)19-13(2)3)12-15-11-17(24-20-15)14-7-6-8-16(10-14)23-4/h6-8,10-11,13H,5,9,12H2,1-4H3,(H,19,22). The summed E-state index contributed by atoms with van der Waals surface area (Å²) in [6.45, 7) is 7.01. The molecule has 0 bridgehead atoms. The van der Waals surface area contributed by atoms with Gasteiger partial charge in [-0.3, -0.25) is 0 Å². The maximum absolute atomic E-state index is 12.2. The molecule has 0 aliphatic carbocycles. The Labute approximate surface area is 142 Å². The van der Waals surface area contributed by atoms with Gasteiger partial charge in [-0.1, -0.05) is 24.2 Å². The second-order valence-electron chi connectivity index (χ2n) is 5.94. The van der Waals surface area contributed by atoms with Gasteiger partial charge in [0.1, 0.15) is 11.4 Å². The Morgan fingerprint density at radius 1 is 1.38 bits per heavy atom. The molecular weight excluding hydrogens is 306 g/mol. The third-order valence-electron chi connectivity index (χ3n) is 3.46. The highest BCUT2D eigenvalue weighted by Gasteiger charge is 2.16. The van der Waals surface area contributed by atoms with E-state index in [9.17, 15) is 4.79 Å². The van der Waals surface area contributed by atoms with Crippen LogP contribution in [-0.2, 0) is 6.54 Å². The van der Waals surface area contributed by atoms with Crippen LogP contribution in [-0.4, -0.2) is 35.8 Å². The SMILES string of the molecule is CCCN(Cc1cc(-c2cccc(OC)c2)on1)C(=O)NC(C)C. The minimum Gasteiger partial charge on any atom is -0.497 e. The van der Waals surface area contributed by atoms with E-state index in [0.29, 0.717) is 18.8 Å². The van der Waals surface area contributed by atoms with Crippen molar-refractivity contribution < 1.29 is 14.1 Å². The largest absolute Gasteiger partial charge is 0.497 e. The number of hydrogen-bond acceptors (Lipinski definition) is 4. The van der Waals surface area contributed by atoms with Gasteiger partial charge >= 0.3 is 6.03 Å². The number of ether oxygens (including phenoxy) is 1. The summed E-state index contributed by atoms with van der Waals surface area (Å²) in [4.78, 5) is 14.0. The predicted octanol–water partition coefficient (Wildman–Crippen LogP) is 3.68. The van der Waals surface area contributed by atoms with Gasteiger partial charge in [0.25, 0.3) is 0 Å². The number of urea groups is 1. The average molecular weight is 331 g/mol. The topological polar surface area (TPSA) is 67.6 Å². The van der Waals surface area contributed by atoms with E-state index in [1.807, 2.05) is 51.1 Å². The smallest absolute Gasteiger partial charge is 0.317 e. The van der Waals surface area contributed by atoms with Gasteiger partial charge in [-0.25, -0.2) is 4.79 Å². The monoisotopic (exact) mass is 331 g/mol. The van der Waals surface area contributed by atoms with Gasteiger partial charge in [0.05, 0.1) is 13.7 Å². The van der Waals surface area contributed by atoms with E-state index in [2.05, 4.69) is 10.5 Å². The Morgan fingerprint density at radius 2 is 2.17 bits per heavy atom. The van der Waals surface area contributed by atoms with Crippen LogP contribution in [0.2, 0.25) is 0 Å². The molecule has 1 aromatic carbocycles. The first-order valence-electron chi connectivity index (χ1n) is 8.19. The van der Waals surface area contributed by atoms with Crippen LogP contribution in [0.4, 0.5) is 4.79 Å². The van der Waals surface area contributed by atoms with E-state index in [-0.39, 0.29) is 12.1 Å². The summed E-state index contributed by atoms with van der Waals surface area (Å²) in [5, 5.41) is 7.01. The van der Waals surface area contributed by atoms with E-state index < -0.39 is 0 Å². The fourth-order valence-electron chi connectivity index (χ4n) is 2.35. The third-order valence-corrected chi connectivity index (χ3v) is 3.46. The molecule has 2 rings (SSSR count). The van der Waals surface area contributed by atoms with Gasteiger partial charge < -0.3 is 19.5 Å². The first-order chi connectivity index (χ1) is 11.5. The molecule has 130 valence electrons. The first-order valence-corrected chi connectivity index (χ1v) is 8.19. The number of methoxy groups -OCH3 is 1. The van der Waals surface area contributed by atoms with Crippen LogP contribution in [0.25, 0.3) is 11.3 Å². The van der Waals surface area contributed by atoms with Crippen LogP contribution < -0.4 is 10.1 Å². The highest BCUT2D eigenvalue weighted by atomic mass is 16.5. The van der Waals surface area contributed by atoms with E-state index in [4.69, 9.17) is 9.26 Å². The Morgan fingerprint density at radius 3 is 2.83 bits per heavy atom. The van der Waals surface area contributed by atoms with E-state index >= 15 is 0 Å². The van der Waals surface area contributed by atoms with Crippen LogP contribution >= 0.6 is 0 Å². The van der Waals surface area contributed by atoms with Crippen molar-refractivity contribution in [2.75, 3.05) is 13.7 Å². The van der Waals surface area contributed by atoms with Gasteiger partial charge in [0.15, 0.2) is 5.76 Å². The highest BCUT2D eigenvalue weighted by molar-refractivity contribution is 5.74. The summed E-state index contributed by atoms with van der Waals surface area (Å²) in [6.07, 6.45) is 0.881. The summed E-state index contributed by atoms with van der Waals surface area (Å²) >= 11 is 0. The van der Waals surface area contributed by atoms with Crippen molar-refractivity contribution in [3.63, 3.8) is 0 Å². The number of rotatable bonds is 7. The zero-order valence-electron chi connectivity index (χ0n) is 14.7. The highest BCUT2D eigenvalue weighted by Crippen LogP contribution is 2.24. The third kappa shape index (κ3) is 4.75. The lowest BCUT2D eigenvalue weighted by atomic mass is 10.1. The maximum Gasteiger partial charge on any atom is 0.317 e. The molecule has 0 radical (unpaired) electrons. The number of hydrogen-bond donors (Lipinski definition) is 1. The molecule has 6 nitrogen and oxygen atoms in total. The van der Waals surface area contributed by atoms with Crippen LogP contribution in [0, 0.1) is 0 Å². The van der Waals surface area contributed by atoms with Crippen molar-refractivity contribution in [3.05, 3.63) is 36.0 Å². The average Bonchev–Trinajstić information content (AvgIpc) is 3.02. The fourth-order valence-corrected chi connectivity index (χ4v) is 2.35. The van der Waals surface area contributed by atoms with Gasteiger partial charge in [-0.15, -0.1) is 0 Å². The number of nitrogens with zero attached hydrogens (tertiary/aromatic N) is 2. The molecule has 6 heteroatoms. The zero-order chi connectivity index (χ0) is 17.5. The molecule has 2 amide bonds. The van der Waals surface area contributed by atoms with Gasteiger partial charge in [-0.05, 0) is 32.4 Å². The Balaban J connectivity index is 2.11. The summed E-state index contributed by atoms with van der Waals surface area (Å²) in [5.74, 6) is 1.42. The molecule has 0 aliphatic heterocycles. The lowest BCUT2D eigenvalue weighted by Gasteiger charge is -2.22. The fraction of sp³-hybridized carbons (Fsp3) is 0.444. The summed E-state index contributed by atoms with van der Waals surface area (Å²) in [6, 6.07) is 9.47. The summed E-state index contributed by atoms with van der Waals surface area (Å²) in [5.41, 5.74) is 1.61. The van der Waals surface area contributed by atoms with Gasteiger partial charge in [-0.2, -0.15) is 0 Å². The molecule has 0 unspecified atom stereocenters. The Hall–Kier alpha value is -2.50. The molecule has 0 aliphatic rings. The summed E-state index contributed by atoms with van der Waals surface area (Å²) < 4.78 is 10.7. The molecular formula is C18H25N3O3. The van der Waals surface area contributed by atoms with Crippen LogP contribution in [0.1, 0.15) is 32.9 Å². The van der Waals surface area contributed by atoms with Crippen molar-refractivity contribution in [2.24, 2.45) is 0 Å². The number of carbonyl (C=O) groups is 1. The predicted molar refractivity (Wildman–Crippen MR) is 92.9 cm³/mol. The second-order valence-corrected chi connectivity index (χ2v) is 5.94. The van der Waals surface area contributed by atoms with Crippen molar-refractivity contribution in [1.29, 1.82) is 0 Å². The normalized spacial score (nSPS) is 10.7. The zero-order valence-corrected chi connectivity index (χ0v) is 14.7. The maximum atomic E-state index is 12.2. The quantitative estimate of drug-likeness (QED) is 0.840. The molecule has 0 saturated heterocycles. The van der Waals surface area contributed by atoms with E-state index in [1.54, 1.807) is 12.0 Å². The van der Waals surface area contributed by atoms with Crippen LogP contribution in [0.15, 0.2) is 34.9 Å².